The highest BCUT2D eigenvalue weighted by Gasteiger charge is 2.47. The van der Waals surface area contributed by atoms with E-state index in [-0.39, 0.29) is 37.0 Å². The van der Waals surface area contributed by atoms with Crippen LogP contribution >= 0.6 is 0 Å². The summed E-state index contributed by atoms with van der Waals surface area (Å²) in [6.07, 6.45) is 10.0. The van der Waals surface area contributed by atoms with E-state index in [1.807, 2.05) is 6.92 Å². The first kappa shape index (κ1) is 42.9. The smallest absolute Gasteiger partial charge is 0.289 e. The second-order valence-corrected chi connectivity index (χ2v) is 16.2. The van der Waals surface area contributed by atoms with Crippen molar-refractivity contribution in [1.29, 1.82) is 0 Å². The Morgan fingerprint density at radius 3 is 2.25 bits per heavy atom. The first-order chi connectivity index (χ1) is 27.2. The summed E-state index contributed by atoms with van der Waals surface area (Å²) in [4.78, 5) is 92.3. The second-order valence-electron chi connectivity index (χ2n) is 16.2. The first-order valence-electron chi connectivity index (χ1n) is 20.0. The topological polar surface area (TPSA) is 207 Å². The molecule has 3 fully saturated rings. The van der Waals surface area contributed by atoms with Gasteiger partial charge in [-0.3, -0.25) is 33.8 Å². The van der Waals surface area contributed by atoms with Gasteiger partial charge in [0, 0.05) is 24.9 Å². The number of hydrogen-bond donors (Lipinski definition) is 4. The molecule has 3 aliphatic rings. The molecular formula is C41H57N7O9. The van der Waals surface area contributed by atoms with Crippen molar-refractivity contribution in [2.45, 2.75) is 128 Å². The molecule has 0 spiro atoms. The fourth-order valence-corrected chi connectivity index (χ4v) is 7.52. The quantitative estimate of drug-likeness (QED) is 0.171. The van der Waals surface area contributed by atoms with E-state index < -0.39 is 71.0 Å². The molecule has 1 aliphatic heterocycles. The third-order valence-corrected chi connectivity index (χ3v) is 10.7. The molecule has 5 amide bonds. The number of carbonyl (C=O) groups excluding carboxylic acids is 6. The molecule has 5 atom stereocenters. The van der Waals surface area contributed by atoms with Crippen molar-refractivity contribution < 1.29 is 43.0 Å². The largest absolute Gasteiger partial charge is 0.493 e. The molecule has 57 heavy (non-hydrogen) atoms. The monoisotopic (exact) mass is 791 g/mol. The van der Waals surface area contributed by atoms with Crippen LogP contribution in [-0.4, -0.2) is 107 Å². The highest BCUT2D eigenvalue weighted by Crippen LogP contribution is 2.39. The minimum Gasteiger partial charge on any atom is -0.493 e. The van der Waals surface area contributed by atoms with Gasteiger partial charge in [-0.1, -0.05) is 59.4 Å². The van der Waals surface area contributed by atoms with E-state index in [2.05, 4.69) is 31.2 Å². The van der Waals surface area contributed by atoms with Crippen molar-refractivity contribution in [2.24, 2.45) is 11.3 Å². The van der Waals surface area contributed by atoms with Crippen LogP contribution in [0.25, 0.3) is 0 Å². The van der Waals surface area contributed by atoms with E-state index >= 15 is 0 Å². The standard InChI is InChI=1S/C41H57N7O9/c1-7-12-27(33(49)39(53)44-25-17-18-25)45-37(51)29-21-26(57-31-16-11-15-30(55-5)34(31)56-6)23-48(29)40(54)35(41(2,3)4)47-38(52)32(24-13-9-8-10-14-24)46-36(50)28-22-42-19-20-43-28/h11,15-16,19-20,22,24-27,29,32,35H,7-10,12-14,17-18,21,23H2,1-6H3,(H,44,53)(H,45,51)(H,46,50)(H,47,52)/t26-,27+,29+,32+,35-/m1/s1. The van der Waals surface area contributed by atoms with E-state index in [0.717, 1.165) is 32.1 Å². The molecule has 1 aromatic heterocycles. The van der Waals surface area contributed by atoms with Crippen molar-refractivity contribution >= 4 is 35.3 Å². The first-order valence-corrected chi connectivity index (χ1v) is 20.0. The second kappa shape index (κ2) is 19.2. The summed E-state index contributed by atoms with van der Waals surface area (Å²) in [6, 6.07) is 0.725. The predicted molar refractivity (Wildman–Crippen MR) is 208 cm³/mol. The number of ketones is 1. The Morgan fingerprint density at radius 1 is 0.912 bits per heavy atom. The molecule has 2 saturated carbocycles. The molecular weight excluding hydrogens is 734 g/mol. The number of benzene rings is 1. The molecule has 1 aromatic carbocycles. The predicted octanol–water partition coefficient (Wildman–Crippen LogP) is 2.88. The highest BCUT2D eigenvalue weighted by atomic mass is 16.5. The molecule has 2 aliphatic carbocycles. The summed E-state index contributed by atoms with van der Waals surface area (Å²) in [5.41, 5.74) is -0.805. The highest BCUT2D eigenvalue weighted by molar-refractivity contribution is 6.38. The van der Waals surface area contributed by atoms with Crippen LogP contribution in [0.1, 0.15) is 102 Å². The van der Waals surface area contributed by atoms with Gasteiger partial charge in [0.05, 0.1) is 33.0 Å². The summed E-state index contributed by atoms with van der Waals surface area (Å²) in [5, 5.41) is 11.3. The number of likely N-dealkylation sites (tertiary alicyclic amines) is 1. The SMILES string of the molecule is CCC[C@H](NC(=O)[C@@H]1C[C@@H](Oc2cccc(OC)c2OC)CN1C(=O)[C@@H](NC(=O)[C@@H](NC(=O)c1cnccn1)C1CCCCC1)C(C)(C)C)C(=O)C(=O)NC1CC1. The molecule has 16 heteroatoms. The van der Waals surface area contributed by atoms with E-state index in [1.54, 1.807) is 39.0 Å². The number of nitrogens with zero attached hydrogens (tertiary/aromatic N) is 3. The summed E-state index contributed by atoms with van der Waals surface area (Å²) < 4.78 is 17.4. The Morgan fingerprint density at radius 2 is 1.63 bits per heavy atom. The fourth-order valence-electron chi connectivity index (χ4n) is 7.52. The molecule has 5 rings (SSSR count). The number of carbonyl (C=O) groups is 6. The minimum atomic E-state index is -1.15. The number of Topliss-reactive ketones (excluding diaryl/α,β-unsaturated/α-hetero) is 1. The molecule has 2 heterocycles. The zero-order valence-electron chi connectivity index (χ0n) is 33.8. The van der Waals surface area contributed by atoms with Gasteiger partial charge in [0.1, 0.15) is 29.9 Å². The van der Waals surface area contributed by atoms with Crippen molar-refractivity contribution in [3.8, 4) is 17.2 Å². The minimum absolute atomic E-state index is 0.0307. The number of methoxy groups -OCH3 is 2. The number of rotatable bonds is 17. The maximum atomic E-state index is 14.9. The van der Waals surface area contributed by atoms with E-state index in [9.17, 15) is 28.8 Å². The Kier molecular flexibility index (Phi) is 14.5. The van der Waals surface area contributed by atoms with Crippen molar-refractivity contribution in [2.75, 3.05) is 20.8 Å². The Labute approximate surface area is 333 Å². The van der Waals surface area contributed by atoms with Crippen LogP contribution in [0.5, 0.6) is 17.2 Å². The van der Waals surface area contributed by atoms with Crippen LogP contribution in [0.15, 0.2) is 36.8 Å². The van der Waals surface area contributed by atoms with Gasteiger partial charge in [0.2, 0.25) is 29.3 Å². The van der Waals surface area contributed by atoms with Crippen LogP contribution < -0.4 is 35.5 Å². The van der Waals surface area contributed by atoms with Crippen molar-refractivity contribution in [3.05, 3.63) is 42.5 Å². The lowest BCUT2D eigenvalue weighted by molar-refractivity contribution is -0.145. The summed E-state index contributed by atoms with van der Waals surface area (Å²) >= 11 is 0. The maximum Gasteiger partial charge on any atom is 0.289 e. The van der Waals surface area contributed by atoms with Crippen LogP contribution in [0.3, 0.4) is 0 Å². The zero-order chi connectivity index (χ0) is 41.3. The molecule has 0 bridgehead atoms. The average molecular weight is 792 g/mol. The lowest BCUT2D eigenvalue weighted by Gasteiger charge is -2.37. The number of nitrogens with one attached hydrogen (secondary N) is 4. The van der Waals surface area contributed by atoms with Gasteiger partial charge in [-0.05, 0) is 55.6 Å². The van der Waals surface area contributed by atoms with Gasteiger partial charge in [-0.2, -0.15) is 0 Å². The third kappa shape index (κ3) is 11.0. The molecule has 16 nitrogen and oxygen atoms in total. The van der Waals surface area contributed by atoms with Gasteiger partial charge in [-0.15, -0.1) is 0 Å². The van der Waals surface area contributed by atoms with E-state index in [1.165, 1.54) is 37.7 Å². The third-order valence-electron chi connectivity index (χ3n) is 10.7. The van der Waals surface area contributed by atoms with Crippen LogP contribution in [0, 0.1) is 11.3 Å². The molecule has 4 N–H and O–H groups in total. The summed E-state index contributed by atoms with van der Waals surface area (Å²) in [5.74, 6) is -2.86. The number of aromatic nitrogens is 2. The van der Waals surface area contributed by atoms with Crippen LogP contribution in [0.4, 0.5) is 0 Å². The average Bonchev–Trinajstić information content (AvgIpc) is 3.92. The Balaban J connectivity index is 1.43. The molecule has 0 unspecified atom stereocenters. The lowest BCUT2D eigenvalue weighted by atomic mass is 9.82. The normalized spacial score (nSPS) is 20.0. The molecule has 2 aromatic rings. The zero-order valence-corrected chi connectivity index (χ0v) is 33.8. The van der Waals surface area contributed by atoms with Gasteiger partial charge in [-0.25, -0.2) is 4.98 Å². The van der Waals surface area contributed by atoms with Crippen LogP contribution in [-0.2, 0) is 24.0 Å². The number of para-hydroxylation sites is 1. The van der Waals surface area contributed by atoms with E-state index in [4.69, 9.17) is 14.2 Å². The van der Waals surface area contributed by atoms with Crippen molar-refractivity contribution in [3.63, 3.8) is 0 Å². The van der Waals surface area contributed by atoms with Crippen molar-refractivity contribution in [1.82, 2.24) is 36.1 Å². The summed E-state index contributed by atoms with van der Waals surface area (Å²) in [7, 11) is 2.97. The van der Waals surface area contributed by atoms with Gasteiger partial charge in [0.25, 0.3) is 11.8 Å². The number of ether oxygens (including phenoxy) is 3. The lowest BCUT2D eigenvalue weighted by Crippen LogP contribution is -2.62. The summed E-state index contributed by atoms with van der Waals surface area (Å²) in [6.45, 7) is 7.20. The Bertz CT molecular complexity index is 1760. The number of hydrogen-bond acceptors (Lipinski definition) is 11. The van der Waals surface area contributed by atoms with E-state index in [0.29, 0.717) is 36.5 Å². The van der Waals surface area contributed by atoms with Gasteiger partial charge >= 0.3 is 0 Å². The van der Waals surface area contributed by atoms with Gasteiger partial charge < -0.3 is 40.4 Å². The molecule has 1 saturated heterocycles. The Hall–Kier alpha value is -5.28. The number of amides is 5. The molecule has 310 valence electrons. The van der Waals surface area contributed by atoms with Crippen LogP contribution in [0.2, 0.25) is 0 Å². The fraction of sp³-hybridized carbons (Fsp3) is 0.610. The molecule has 0 radical (unpaired) electrons. The maximum absolute atomic E-state index is 14.9. The van der Waals surface area contributed by atoms with Gasteiger partial charge in [0.15, 0.2) is 11.5 Å².